The molecular weight excluding hydrogens is 228 g/mol. The Morgan fingerprint density at radius 2 is 1.94 bits per heavy atom. The predicted molar refractivity (Wildman–Crippen MR) is 68.2 cm³/mol. The highest BCUT2D eigenvalue weighted by molar-refractivity contribution is 5.18. The number of ether oxygens (including phenoxy) is 2. The van der Waals surface area contributed by atoms with Gasteiger partial charge in [0, 0.05) is 5.92 Å². The molecule has 2 aliphatic rings. The van der Waals surface area contributed by atoms with Gasteiger partial charge in [0.25, 0.3) is 0 Å². The molecule has 3 rings (SSSR count). The van der Waals surface area contributed by atoms with E-state index in [1.807, 2.05) is 18.2 Å². The fourth-order valence-electron chi connectivity index (χ4n) is 2.97. The summed E-state index contributed by atoms with van der Waals surface area (Å²) < 4.78 is 11.8. The van der Waals surface area contributed by atoms with Crippen LogP contribution in [0.4, 0.5) is 0 Å². The van der Waals surface area contributed by atoms with Crippen LogP contribution in [0.3, 0.4) is 0 Å². The Bertz CT molecular complexity index is 390. The smallest absolute Gasteiger partial charge is 0.0895 e. The lowest BCUT2D eigenvalue weighted by molar-refractivity contribution is -0.216. The molecule has 1 aromatic carbocycles. The lowest BCUT2D eigenvalue weighted by Gasteiger charge is -2.44. The first-order valence-electron chi connectivity index (χ1n) is 6.76. The summed E-state index contributed by atoms with van der Waals surface area (Å²) >= 11 is 0. The topological polar surface area (TPSA) is 38.7 Å². The van der Waals surface area contributed by atoms with E-state index in [1.54, 1.807) is 0 Å². The van der Waals surface area contributed by atoms with Gasteiger partial charge in [-0.15, -0.1) is 0 Å². The number of hydrogen-bond acceptors (Lipinski definition) is 3. The molecule has 5 atom stereocenters. The van der Waals surface area contributed by atoms with E-state index in [4.69, 9.17) is 9.47 Å². The van der Waals surface area contributed by atoms with Crippen molar-refractivity contribution < 1.29 is 14.6 Å². The molecule has 3 nitrogen and oxygen atoms in total. The zero-order chi connectivity index (χ0) is 12.5. The molecule has 2 saturated heterocycles. The molecule has 0 radical (unpaired) electrons. The van der Waals surface area contributed by atoms with Crippen molar-refractivity contribution in [1.29, 1.82) is 0 Å². The van der Waals surface area contributed by atoms with E-state index in [0.29, 0.717) is 6.61 Å². The average Bonchev–Trinajstić information content (AvgIpc) is 2.44. The van der Waals surface area contributed by atoms with E-state index in [-0.39, 0.29) is 24.2 Å². The molecule has 0 aromatic heterocycles. The maximum Gasteiger partial charge on any atom is 0.0895 e. The Kier molecular flexibility index (Phi) is 3.37. The van der Waals surface area contributed by atoms with Crippen LogP contribution in [0.25, 0.3) is 0 Å². The lowest BCUT2D eigenvalue weighted by atomic mass is 9.85. The second-order valence-electron chi connectivity index (χ2n) is 5.38. The van der Waals surface area contributed by atoms with Crippen LogP contribution in [0, 0.1) is 5.92 Å². The van der Waals surface area contributed by atoms with Gasteiger partial charge in [0.1, 0.15) is 0 Å². The molecule has 18 heavy (non-hydrogen) atoms. The maximum atomic E-state index is 9.87. The van der Waals surface area contributed by atoms with E-state index >= 15 is 0 Å². The van der Waals surface area contributed by atoms with E-state index in [9.17, 15) is 5.11 Å². The molecule has 1 unspecified atom stereocenters. The third-order valence-corrected chi connectivity index (χ3v) is 4.18. The highest BCUT2D eigenvalue weighted by atomic mass is 16.6. The Balaban J connectivity index is 1.75. The number of aliphatic hydroxyl groups excluding tert-OH is 1. The molecular formula is C15H20O3. The molecule has 2 fully saturated rings. The minimum Gasteiger partial charge on any atom is -0.390 e. The summed E-state index contributed by atoms with van der Waals surface area (Å²) in [4.78, 5) is 0. The quantitative estimate of drug-likeness (QED) is 0.829. The number of benzene rings is 1. The van der Waals surface area contributed by atoms with Crippen molar-refractivity contribution in [2.75, 3.05) is 6.61 Å². The first-order chi connectivity index (χ1) is 8.75. The van der Waals surface area contributed by atoms with Gasteiger partial charge < -0.3 is 14.6 Å². The van der Waals surface area contributed by atoms with Gasteiger partial charge in [-0.2, -0.15) is 0 Å². The average molecular weight is 248 g/mol. The summed E-state index contributed by atoms with van der Waals surface area (Å²) in [7, 11) is 0. The van der Waals surface area contributed by atoms with Crippen molar-refractivity contribution in [3.63, 3.8) is 0 Å². The molecule has 2 heterocycles. The first kappa shape index (κ1) is 12.2. The molecule has 98 valence electrons. The Hall–Kier alpha value is -0.900. The fourth-order valence-corrected chi connectivity index (χ4v) is 2.97. The van der Waals surface area contributed by atoms with E-state index < -0.39 is 6.10 Å². The van der Waals surface area contributed by atoms with Crippen molar-refractivity contribution in [3.05, 3.63) is 35.9 Å². The Morgan fingerprint density at radius 1 is 1.17 bits per heavy atom. The van der Waals surface area contributed by atoms with E-state index in [2.05, 4.69) is 19.1 Å². The van der Waals surface area contributed by atoms with Crippen LogP contribution in [-0.4, -0.2) is 30.0 Å². The van der Waals surface area contributed by atoms with Crippen molar-refractivity contribution in [2.45, 2.75) is 44.2 Å². The molecule has 0 saturated carbocycles. The van der Waals surface area contributed by atoms with Gasteiger partial charge in [-0.05, 0) is 18.4 Å². The van der Waals surface area contributed by atoms with Gasteiger partial charge in [0.2, 0.25) is 0 Å². The van der Waals surface area contributed by atoms with E-state index in [1.165, 1.54) is 5.56 Å². The predicted octanol–water partition coefficient (Wildman–Crippen LogP) is 2.30. The molecule has 1 aromatic rings. The van der Waals surface area contributed by atoms with Gasteiger partial charge in [0.05, 0.1) is 31.0 Å². The first-order valence-corrected chi connectivity index (χ1v) is 6.76. The maximum absolute atomic E-state index is 9.87. The summed E-state index contributed by atoms with van der Waals surface area (Å²) in [5, 5.41) is 9.87. The summed E-state index contributed by atoms with van der Waals surface area (Å²) in [6.07, 6.45) is 1.93. The van der Waals surface area contributed by atoms with Crippen LogP contribution >= 0.6 is 0 Å². The van der Waals surface area contributed by atoms with Crippen LogP contribution in [0.15, 0.2) is 30.3 Å². The highest BCUT2D eigenvalue weighted by Gasteiger charge is 2.42. The van der Waals surface area contributed by atoms with Gasteiger partial charge >= 0.3 is 0 Å². The van der Waals surface area contributed by atoms with Crippen LogP contribution in [-0.2, 0) is 9.47 Å². The SMILES string of the molecule is C[C@@H]1C2O[C@H](c3ccccc3)CC[C@H]2OC[C@@H]1O. The number of hydrogen-bond donors (Lipinski definition) is 1. The molecule has 0 bridgehead atoms. The molecule has 1 N–H and O–H groups in total. The van der Waals surface area contributed by atoms with Gasteiger partial charge in [0.15, 0.2) is 0 Å². The summed E-state index contributed by atoms with van der Waals surface area (Å²) in [6.45, 7) is 2.50. The summed E-state index contributed by atoms with van der Waals surface area (Å²) in [5.74, 6) is 0.148. The molecule has 0 amide bonds. The van der Waals surface area contributed by atoms with Crippen LogP contribution < -0.4 is 0 Å². The normalized spacial score (nSPS) is 40.2. The lowest BCUT2D eigenvalue weighted by Crippen LogP contribution is -2.51. The largest absolute Gasteiger partial charge is 0.390 e. The molecule has 2 aliphatic heterocycles. The standard InChI is InChI=1S/C15H20O3/c1-10-12(16)9-17-14-8-7-13(18-15(10)14)11-5-3-2-4-6-11/h2-6,10,12-16H,7-9H2,1H3/t10-,12-,13-,14+,15?/m0/s1. The highest BCUT2D eigenvalue weighted by Crippen LogP contribution is 2.38. The Morgan fingerprint density at radius 3 is 2.72 bits per heavy atom. The van der Waals surface area contributed by atoms with Crippen molar-refractivity contribution in [3.8, 4) is 0 Å². The van der Waals surface area contributed by atoms with Crippen molar-refractivity contribution in [1.82, 2.24) is 0 Å². The van der Waals surface area contributed by atoms with Crippen LogP contribution in [0.5, 0.6) is 0 Å². The van der Waals surface area contributed by atoms with Crippen molar-refractivity contribution in [2.24, 2.45) is 5.92 Å². The second kappa shape index (κ2) is 5.00. The van der Waals surface area contributed by atoms with Crippen LogP contribution in [0.2, 0.25) is 0 Å². The zero-order valence-corrected chi connectivity index (χ0v) is 10.7. The number of aliphatic hydroxyl groups is 1. The Labute approximate surface area is 108 Å². The summed E-state index contributed by atoms with van der Waals surface area (Å²) in [5.41, 5.74) is 1.23. The summed E-state index contributed by atoms with van der Waals surface area (Å²) in [6, 6.07) is 10.3. The van der Waals surface area contributed by atoms with Gasteiger partial charge in [-0.1, -0.05) is 37.3 Å². The second-order valence-corrected chi connectivity index (χ2v) is 5.38. The van der Waals surface area contributed by atoms with Crippen molar-refractivity contribution >= 4 is 0 Å². The number of rotatable bonds is 1. The molecule has 0 aliphatic carbocycles. The van der Waals surface area contributed by atoms with Gasteiger partial charge in [-0.3, -0.25) is 0 Å². The van der Waals surface area contributed by atoms with Gasteiger partial charge in [-0.25, -0.2) is 0 Å². The minimum atomic E-state index is -0.402. The fraction of sp³-hybridized carbons (Fsp3) is 0.600. The van der Waals surface area contributed by atoms with E-state index in [0.717, 1.165) is 12.8 Å². The minimum absolute atomic E-state index is 0.0210. The third-order valence-electron chi connectivity index (χ3n) is 4.18. The number of fused-ring (bicyclic) bond motifs is 1. The monoisotopic (exact) mass is 248 g/mol. The van der Waals surface area contributed by atoms with Crippen LogP contribution in [0.1, 0.15) is 31.4 Å². The molecule has 0 spiro atoms. The third kappa shape index (κ3) is 2.18. The molecule has 3 heteroatoms. The zero-order valence-electron chi connectivity index (χ0n) is 10.7.